The minimum absolute atomic E-state index is 0.356. The Morgan fingerprint density at radius 2 is 2.05 bits per heavy atom. The van der Waals surface area contributed by atoms with Gasteiger partial charge in [-0.3, -0.25) is 0 Å². The lowest BCUT2D eigenvalue weighted by Gasteiger charge is -2.26. The van der Waals surface area contributed by atoms with E-state index in [0.717, 1.165) is 19.5 Å². The highest BCUT2D eigenvalue weighted by Crippen LogP contribution is 2.30. The average molecular weight is 254 g/mol. The van der Waals surface area contributed by atoms with Crippen LogP contribution in [0.3, 0.4) is 0 Å². The van der Waals surface area contributed by atoms with Crippen LogP contribution in [0.1, 0.15) is 12.0 Å². The molecule has 3 rings (SSSR count). The fraction of sp³-hybridized carbons (Fsp3) is 0.333. The van der Waals surface area contributed by atoms with Gasteiger partial charge < -0.3 is 14.4 Å². The van der Waals surface area contributed by atoms with E-state index >= 15 is 0 Å². The predicted octanol–water partition coefficient (Wildman–Crippen LogP) is 2.38. The molecule has 0 atom stereocenters. The zero-order chi connectivity index (χ0) is 13.4. The summed E-state index contributed by atoms with van der Waals surface area (Å²) in [5, 5.41) is 10.9. The summed E-state index contributed by atoms with van der Waals surface area (Å²) >= 11 is 0. The summed E-state index contributed by atoms with van der Waals surface area (Å²) in [5.74, 6) is 0. The van der Waals surface area contributed by atoms with Crippen LogP contribution in [0, 0.1) is 0 Å². The Morgan fingerprint density at radius 3 is 2.74 bits per heavy atom. The van der Waals surface area contributed by atoms with Crippen LogP contribution >= 0.6 is 0 Å². The van der Waals surface area contributed by atoms with E-state index in [2.05, 4.69) is 53.0 Å². The summed E-state index contributed by atoms with van der Waals surface area (Å²) in [5.41, 5.74) is 4.01. The van der Waals surface area contributed by atoms with Crippen molar-refractivity contribution in [2.75, 3.05) is 13.1 Å². The van der Waals surface area contributed by atoms with Gasteiger partial charge in [-0.1, -0.05) is 24.3 Å². The van der Waals surface area contributed by atoms with Crippen LogP contribution < -0.4 is 0 Å². The molecular formula is C15H19BN2O. The lowest BCUT2D eigenvalue weighted by Crippen LogP contribution is -2.39. The van der Waals surface area contributed by atoms with Crippen molar-refractivity contribution in [1.82, 2.24) is 9.38 Å². The number of rotatable bonds is 2. The van der Waals surface area contributed by atoms with E-state index in [9.17, 15) is 5.02 Å². The van der Waals surface area contributed by atoms with Crippen molar-refractivity contribution in [2.45, 2.75) is 13.2 Å². The van der Waals surface area contributed by atoms with Crippen molar-refractivity contribution < 1.29 is 5.02 Å². The van der Waals surface area contributed by atoms with Gasteiger partial charge in [0.1, 0.15) is 0 Å². The second-order valence-corrected chi connectivity index (χ2v) is 5.28. The molecule has 4 heteroatoms. The molecule has 2 heterocycles. The standard InChI is InChI=1S/C15H19BN2O/c1-16(19)18-9-7-12(8-10-18)14-11-17(2)15-6-4-3-5-13(14)15/h3-7,11,19H,8-10H2,1-2H3. The van der Waals surface area contributed by atoms with Crippen LogP contribution in [-0.4, -0.2) is 34.5 Å². The lowest BCUT2D eigenvalue weighted by atomic mass is 9.82. The number of fused-ring (bicyclic) bond motifs is 1. The van der Waals surface area contributed by atoms with Gasteiger partial charge in [0, 0.05) is 36.3 Å². The normalized spacial score (nSPS) is 16.7. The maximum Gasteiger partial charge on any atom is 0.376 e. The fourth-order valence-corrected chi connectivity index (χ4v) is 2.87. The Bertz CT molecular complexity index is 630. The minimum Gasteiger partial charge on any atom is -0.437 e. The molecule has 0 radical (unpaired) electrons. The largest absolute Gasteiger partial charge is 0.437 e. The van der Waals surface area contributed by atoms with Gasteiger partial charge in [0.2, 0.25) is 0 Å². The summed E-state index contributed by atoms with van der Waals surface area (Å²) in [6.07, 6.45) is 5.46. The Kier molecular flexibility index (Phi) is 3.21. The maximum atomic E-state index is 9.60. The van der Waals surface area contributed by atoms with Crippen molar-refractivity contribution in [3.63, 3.8) is 0 Å². The molecule has 98 valence electrons. The van der Waals surface area contributed by atoms with E-state index in [0.29, 0.717) is 0 Å². The van der Waals surface area contributed by atoms with E-state index in [4.69, 9.17) is 0 Å². The minimum atomic E-state index is -0.356. The number of hydrogen-bond acceptors (Lipinski definition) is 2. The van der Waals surface area contributed by atoms with Crippen molar-refractivity contribution in [3.8, 4) is 0 Å². The first-order valence-electron chi connectivity index (χ1n) is 6.82. The topological polar surface area (TPSA) is 28.4 Å². The second-order valence-electron chi connectivity index (χ2n) is 5.28. The highest BCUT2D eigenvalue weighted by Gasteiger charge is 2.20. The quantitative estimate of drug-likeness (QED) is 0.833. The third-order valence-electron chi connectivity index (χ3n) is 4.01. The molecule has 1 aromatic heterocycles. The van der Waals surface area contributed by atoms with E-state index < -0.39 is 0 Å². The van der Waals surface area contributed by atoms with Crippen LogP contribution in [0.25, 0.3) is 16.5 Å². The number of benzene rings is 1. The van der Waals surface area contributed by atoms with Gasteiger partial charge in [0.15, 0.2) is 0 Å². The molecule has 0 amide bonds. The molecule has 19 heavy (non-hydrogen) atoms. The number of para-hydroxylation sites is 1. The van der Waals surface area contributed by atoms with Gasteiger partial charge in [-0.2, -0.15) is 0 Å². The van der Waals surface area contributed by atoms with E-state index in [1.54, 1.807) is 0 Å². The van der Waals surface area contributed by atoms with Crippen molar-refractivity contribution in [1.29, 1.82) is 0 Å². The summed E-state index contributed by atoms with van der Waals surface area (Å²) in [7, 11) is 1.74. The smallest absolute Gasteiger partial charge is 0.376 e. The van der Waals surface area contributed by atoms with E-state index in [1.165, 1.54) is 22.0 Å². The van der Waals surface area contributed by atoms with Gasteiger partial charge in [-0.05, 0) is 31.4 Å². The first-order valence-corrected chi connectivity index (χ1v) is 6.82. The zero-order valence-electron chi connectivity index (χ0n) is 11.5. The third-order valence-corrected chi connectivity index (χ3v) is 4.01. The highest BCUT2D eigenvalue weighted by molar-refractivity contribution is 6.45. The molecule has 0 unspecified atom stereocenters. The molecule has 1 aliphatic rings. The fourth-order valence-electron chi connectivity index (χ4n) is 2.87. The van der Waals surface area contributed by atoms with Gasteiger partial charge in [0.25, 0.3) is 0 Å². The summed E-state index contributed by atoms with van der Waals surface area (Å²) in [4.78, 5) is 2.08. The van der Waals surface area contributed by atoms with Crippen molar-refractivity contribution >= 4 is 23.5 Å². The maximum absolute atomic E-state index is 9.60. The summed E-state index contributed by atoms with van der Waals surface area (Å²) in [6, 6.07) is 8.52. The van der Waals surface area contributed by atoms with Crippen LogP contribution in [0.15, 0.2) is 36.5 Å². The SMILES string of the molecule is CB(O)N1CC=C(c2cn(C)c3ccccc23)CC1. The van der Waals surface area contributed by atoms with E-state index in [1.807, 2.05) is 6.82 Å². The number of aryl methyl sites for hydroxylation is 1. The molecule has 0 spiro atoms. The molecule has 0 saturated heterocycles. The van der Waals surface area contributed by atoms with E-state index in [-0.39, 0.29) is 7.05 Å². The van der Waals surface area contributed by atoms with Gasteiger partial charge in [-0.15, -0.1) is 0 Å². The molecule has 0 fully saturated rings. The summed E-state index contributed by atoms with van der Waals surface area (Å²) in [6.45, 7) is 3.58. The summed E-state index contributed by atoms with van der Waals surface area (Å²) < 4.78 is 2.19. The molecule has 0 bridgehead atoms. The second kappa shape index (κ2) is 4.87. The monoisotopic (exact) mass is 254 g/mol. The Hall–Kier alpha value is -1.52. The van der Waals surface area contributed by atoms with Gasteiger partial charge in [-0.25, -0.2) is 0 Å². The molecule has 0 aliphatic carbocycles. The first-order chi connectivity index (χ1) is 9.16. The average Bonchev–Trinajstić information content (AvgIpc) is 2.77. The Balaban J connectivity index is 1.98. The molecule has 2 aromatic rings. The molecule has 1 aromatic carbocycles. The Labute approximate surface area is 114 Å². The molecule has 1 aliphatic heterocycles. The van der Waals surface area contributed by atoms with Crippen LogP contribution in [-0.2, 0) is 7.05 Å². The van der Waals surface area contributed by atoms with Crippen LogP contribution in [0.5, 0.6) is 0 Å². The van der Waals surface area contributed by atoms with Crippen LogP contribution in [0.4, 0.5) is 0 Å². The zero-order valence-corrected chi connectivity index (χ0v) is 11.5. The van der Waals surface area contributed by atoms with Gasteiger partial charge >= 0.3 is 7.05 Å². The lowest BCUT2D eigenvalue weighted by molar-refractivity contribution is 0.392. The third kappa shape index (κ3) is 2.22. The number of aromatic nitrogens is 1. The van der Waals surface area contributed by atoms with Gasteiger partial charge in [0.05, 0.1) is 0 Å². The molecule has 3 nitrogen and oxygen atoms in total. The first kappa shape index (κ1) is 12.5. The highest BCUT2D eigenvalue weighted by atomic mass is 16.2. The number of hydrogen-bond donors (Lipinski definition) is 1. The van der Waals surface area contributed by atoms with Crippen molar-refractivity contribution in [2.24, 2.45) is 7.05 Å². The molecule has 0 saturated carbocycles. The predicted molar refractivity (Wildman–Crippen MR) is 80.9 cm³/mol. The Morgan fingerprint density at radius 1 is 1.26 bits per heavy atom. The molecule has 1 N–H and O–H groups in total. The van der Waals surface area contributed by atoms with Crippen molar-refractivity contribution in [3.05, 3.63) is 42.1 Å². The molecular weight excluding hydrogens is 235 g/mol. The van der Waals surface area contributed by atoms with Crippen LogP contribution in [0.2, 0.25) is 6.82 Å². The number of nitrogens with zero attached hydrogens (tertiary/aromatic N) is 2.